The summed E-state index contributed by atoms with van der Waals surface area (Å²) in [4.78, 5) is 25.0. The lowest BCUT2D eigenvalue weighted by Gasteiger charge is -1.99. The number of carboxylic acids is 1. The van der Waals surface area contributed by atoms with E-state index in [1.807, 2.05) is 0 Å². The van der Waals surface area contributed by atoms with Crippen molar-refractivity contribution in [3.63, 3.8) is 0 Å². The van der Waals surface area contributed by atoms with E-state index in [4.69, 9.17) is 10.8 Å². The van der Waals surface area contributed by atoms with Gasteiger partial charge in [0.25, 0.3) is 0 Å². The Kier molecular flexibility index (Phi) is 4.55. The summed E-state index contributed by atoms with van der Waals surface area (Å²) < 4.78 is 0. The first kappa shape index (κ1) is 13.1. The molecular weight excluding hydrogens is 240 g/mol. The molecule has 1 aromatic rings. The molecule has 5 nitrogen and oxygen atoms in total. The van der Waals surface area contributed by atoms with Crippen LogP contribution in [0.15, 0.2) is 12.3 Å². The van der Waals surface area contributed by atoms with Gasteiger partial charge in [0.1, 0.15) is 0 Å². The van der Waals surface area contributed by atoms with Gasteiger partial charge in [-0.1, -0.05) is 23.6 Å². The quantitative estimate of drug-likeness (QED) is 0.760. The molecule has 0 fully saturated rings. The summed E-state index contributed by atoms with van der Waals surface area (Å²) in [6, 6.07) is 1.45. The Balaban J connectivity index is 2.77. The van der Waals surface area contributed by atoms with Crippen LogP contribution in [0.2, 0.25) is 0 Å². The third-order valence-corrected chi connectivity index (χ3v) is 2.40. The molecule has 0 aromatic carbocycles. The molecule has 1 aromatic heterocycles. The predicted octanol–water partition coefficient (Wildman–Crippen LogP) is 0.993. The molecule has 3 N–H and O–H groups in total. The molecule has 0 amide bonds. The van der Waals surface area contributed by atoms with Crippen LogP contribution in [-0.4, -0.2) is 26.9 Å². The Labute approximate surface area is 102 Å². The Morgan fingerprint density at radius 3 is 2.82 bits per heavy atom. The number of rotatable bonds is 2. The summed E-state index contributed by atoms with van der Waals surface area (Å²) in [6.45, 7) is 1.47. The van der Waals surface area contributed by atoms with Crippen molar-refractivity contribution < 1.29 is 14.7 Å². The molecule has 1 heterocycles. The Hall–Kier alpha value is -2.00. The summed E-state index contributed by atoms with van der Waals surface area (Å²) >= 11 is 1.10. The molecule has 1 rings (SSSR count). The van der Waals surface area contributed by atoms with Crippen LogP contribution in [0.1, 0.15) is 23.0 Å². The van der Waals surface area contributed by atoms with Crippen molar-refractivity contribution in [1.29, 1.82) is 0 Å². The highest BCUT2D eigenvalue weighted by atomic mass is 32.2. The van der Waals surface area contributed by atoms with Crippen LogP contribution >= 0.6 is 11.8 Å². The highest BCUT2D eigenvalue weighted by Crippen LogP contribution is 2.10. The van der Waals surface area contributed by atoms with Crippen molar-refractivity contribution >= 4 is 28.5 Å². The normalized spacial score (nSPS) is 9.24. The van der Waals surface area contributed by atoms with Crippen LogP contribution in [0.5, 0.6) is 0 Å². The third-order valence-electron chi connectivity index (χ3n) is 1.70. The van der Waals surface area contributed by atoms with Crippen LogP contribution in [-0.2, 0) is 4.79 Å². The topological polar surface area (TPSA) is 93.3 Å². The number of nitrogens with two attached hydrogens (primary N) is 1. The Bertz CT molecular complexity index is 517. The van der Waals surface area contributed by atoms with Gasteiger partial charge in [0.05, 0.1) is 11.4 Å². The molecule has 17 heavy (non-hydrogen) atoms. The fourth-order valence-corrected chi connectivity index (χ4v) is 1.35. The molecule has 0 radical (unpaired) electrons. The van der Waals surface area contributed by atoms with E-state index in [-0.39, 0.29) is 16.5 Å². The van der Waals surface area contributed by atoms with Crippen molar-refractivity contribution in [1.82, 2.24) is 4.98 Å². The number of carbonyl (C=O) groups is 2. The number of carboxylic acid groups (broad SMARTS) is 1. The largest absolute Gasteiger partial charge is 0.476 e. The zero-order valence-corrected chi connectivity index (χ0v) is 9.87. The van der Waals surface area contributed by atoms with Crippen LogP contribution in [0.4, 0.5) is 5.69 Å². The number of nitrogens with zero attached hydrogens (tertiary/aromatic N) is 1. The second kappa shape index (κ2) is 5.92. The SMILES string of the molecule is CC(=O)SCC#Cc1cnc(C(=O)O)c(N)c1. The zero-order chi connectivity index (χ0) is 12.8. The molecule has 0 bridgehead atoms. The molecule has 88 valence electrons. The summed E-state index contributed by atoms with van der Waals surface area (Å²) in [6.07, 6.45) is 1.34. The fourth-order valence-electron chi connectivity index (χ4n) is 1.00. The molecular formula is C11H10N2O3S. The monoisotopic (exact) mass is 250 g/mol. The molecule has 0 atom stereocenters. The van der Waals surface area contributed by atoms with Gasteiger partial charge in [-0.3, -0.25) is 4.79 Å². The van der Waals surface area contributed by atoms with Crippen molar-refractivity contribution in [3.05, 3.63) is 23.5 Å². The summed E-state index contributed by atoms with van der Waals surface area (Å²) in [5, 5.41) is 8.71. The van der Waals surface area contributed by atoms with Gasteiger partial charge in [-0.05, 0) is 6.07 Å². The minimum atomic E-state index is -1.17. The lowest BCUT2D eigenvalue weighted by Crippen LogP contribution is -2.05. The number of anilines is 1. The number of thioether (sulfide) groups is 1. The van der Waals surface area contributed by atoms with Gasteiger partial charge in [0.2, 0.25) is 0 Å². The number of carbonyl (C=O) groups excluding carboxylic acids is 1. The molecule has 0 aliphatic carbocycles. The van der Waals surface area contributed by atoms with Crippen LogP contribution in [0, 0.1) is 11.8 Å². The van der Waals surface area contributed by atoms with Gasteiger partial charge in [0.15, 0.2) is 10.8 Å². The molecule has 0 unspecified atom stereocenters. The summed E-state index contributed by atoms with van der Waals surface area (Å²) in [5.74, 6) is 4.72. The van der Waals surface area contributed by atoms with E-state index < -0.39 is 5.97 Å². The molecule has 0 saturated heterocycles. The van der Waals surface area contributed by atoms with Gasteiger partial charge in [-0.15, -0.1) is 0 Å². The third kappa shape index (κ3) is 4.17. The van der Waals surface area contributed by atoms with E-state index in [9.17, 15) is 9.59 Å². The van der Waals surface area contributed by atoms with Gasteiger partial charge < -0.3 is 10.8 Å². The maximum atomic E-state index is 10.6. The average Bonchev–Trinajstić information content (AvgIpc) is 2.23. The first-order valence-electron chi connectivity index (χ1n) is 4.61. The van der Waals surface area contributed by atoms with Crippen LogP contribution < -0.4 is 5.73 Å². The molecule has 0 aliphatic rings. The molecule has 6 heteroatoms. The number of nitrogen functional groups attached to an aromatic ring is 1. The second-order valence-electron chi connectivity index (χ2n) is 3.05. The Morgan fingerprint density at radius 2 is 2.29 bits per heavy atom. The lowest BCUT2D eigenvalue weighted by molar-refractivity contribution is -0.109. The van der Waals surface area contributed by atoms with Crippen molar-refractivity contribution in [3.8, 4) is 11.8 Å². The van der Waals surface area contributed by atoms with Gasteiger partial charge >= 0.3 is 5.97 Å². The van der Waals surface area contributed by atoms with Crippen molar-refractivity contribution in [2.75, 3.05) is 11.5 Å². The molecule has 0 spiro atoms. The minimum absolute atomic E-state index is 0.00170. The highest BCUT2D eigenvalue weighted by Gasteiger charge is 2.08. The number of hydrogen-bond donors (Lipinski definition) is 2. The maximum absolute atomic E-state index is 10.6. The first-order chi connectivity index (χ1) is 8.00. The fraction of sp³-hybridized carbons (Fsp3) is 0.182. The van der Waals surface area contributed by atoms with E-state index in [0.717, 1.165) is 11.8 Å². The zero-order valence-electron chi connectivity index (χ0n) is 9.06. The average molecular weight is 250 g/mol. The van der Waals surface area contributed by atoms with Crippen LogP contribution in [0.25, 0.3) is 0 Å². The molecule has 0 saturated carbocycles. The van der Waals surface area contributed by atoms with E-state index in [0.29, 0.717) is 11.3 Å². The molecule has 0 aliphatic heterocycles. The smallest absolute Gasteiger partial charge is 0.356 e. The number of aromatic nitrogens is 1. The van der Waals surface area contributed by atoms with Crippen LogP contribution in [0.3, 0.4) is 0 Å². The van der Waals surface area contributed by atoms with E-state index in [1.165, 1.54) is 19.2 Å². The lowest BCUT2D eigenvalue weighted by atomic mass is 10.2. The predicted molar refractivity (Wildman–Crippen MR) is 65.6 cm³/mol. The van der Waals surface area contributed by atoms with Crippen molar-refractivity contribution in [2.45, 2.75) is 6.92 Å². The maximum Gasteiger partial charge on any atom is 0.356 e. The van der Waals surface area contributed by atoms with Crippen molar-refractivity contribution in [2.24, 2.45) is 0 Å². The second-order valence-corrected chi connectivity index (χ2v) is 4.20. The van der Waals surface area contributed by atoms with Gasteiger partial charge in [0, 0.05) is 18.7 Å². The minimum Gasteiger partial charge on any atom is -0.476 e. The number of hydrogen-bond acceptors (Lipinski definition) is 5. The first-order valence-corrected chi connectivity index (χ1v) is 5.60. The Morgan fingerprint density at radius 1 is 1.59 bits per heavy atom. The van der Waals surface area contributed by atoms with E-state index in [1.54, 1.807) is 0 Å². The van der Waals surface area contributed by atoms with E-state index in [2.05, 4.69) is 16.8 Å². The standard InChI is InChI=1S/C11H10N2O3S/c1-7(14)17-4-2-3-8-5-9(12)10(11(15)16)13-6-8/h5-6H,4,12H2,1H3,(H,15,16). The van der Waals surface area contributed by atoms with E-state index >= 15 is 0 Å². The number of aromatic carboxylic acids is 1. The highest BCUT2D eigenvalue weighted by molar-refractivity contribution is 8.13. The summed E-state index contributed by atoms with van der Waals surface area (Å²) in [7, 11) is 0. The van der Waals surface area contributed by atoms with Gasteiger partial charge in [-0.2, -0.15) is 0 Å². The summed E-state index contributed by atoms with van der Waals surface area (Å²) in [5.41, 5.74) is 5.92. The van der Waals surface area contributed by atoms with Gasteiger partial charge in [-0.25, -0.2) is 9.78 Å². The number of pyridine rings is 1.